The Bertz CT molecular complexity index is 186. The fourth-order valence-corrected chi connectivity index (χ4v) is 0.835. The van der Waals surface area contributed by atoms with Crippen molar-refractivity contribution in [2.24, 2.45) is 0 Å². The summed E-state index contributed by atoms with van der Waals surface area (Å²) in [7, 11) is 0. The summed E-state index contributed by atoms with van der Waals surface area (Å²) in [4.78, 5) is 12.1. The molecule has 1 unspecified atom stereocenters. The maximum absolute atomic E-state index is 10.8. The lowest BCUT2D eigenvalue weighted by Crippen LogP contribution is -2.33. The average molecular weight is 139 g/mol. The van der Waals surface area contributed by atoms with Crippen molar-refractivity contribution in [2.75, 3.05) is 6.54 Å². The molecule has 0 bridgehead atoms. The number of carbonyl (C=O) groups excluding carboxylic acids is 1. The number of rotatable bonds is 2. The lowest BCUT2D eigenvalue weighted by molar-refractivity contribution is -0.129. The van der Waals surface area contributed by atoms with Gasteiger partial charge in [0.1, 0.15) is 6.23 Å². The molecule has 1 aliphatic rings. The van der Waals surface area contributed by atoms with E-state index in [9.17, 15) is 4.79 Å². The van der Waals surface area contributed by atoms with E-state index in [2.05, 4.69) is 6.58 Å². The minimum Gasteiger partial charge on any atom is -0.370 e. The smallest absolute Gasteiger partial charge is 0.248 e. The van der Waals surface area contributed by atoms with Crippen LogP contribution in [0.4, 0.5) is 0 Å². The molecule has 0 aromatic heterocycles. The Morgan fingerprint density at radius 2 is 2.60 bits per heavy atom. The molecule has 1 aliphatic heterocycles. The normalized spacial score (nSPS) is 23.9. The highest BCUT2D eigenvalue weighted by Gasteiger charge is 2.21. The van der Waals surface area contributed by atoms with Crippen LogP contribution in [-0.4, -0.2) is 28.7 Å². The van der Waals surface area contributed by atoms with Crippen LogP contribution in [0.15, 0.2) is 24.8 Å². The van der Waals surface area contributed by atoms with Crippen molar-refractivity contribution in [3.63, 3.8) is 0 Å². The second-order valence-corrected chi connectivity index (χ2v) is 2.05. The molecule has 0 saturated carbocycles. The summed E-state index contributed by atoms with van der Waals surface area (Å²) in [5.74, 6) is -0.160. The number of hydrogen-bond acceptors (Lipinski definition) is 2. The summed E-state index contributed by atoms with van der Waals surface area (Å²) in [6.07, 6.45) is 3.62. The third-order valence-electron chi connectivity index (χ3n) is 1.34. The van der Waals surface area contributed by atoms with Crippen LogP contribution in [0.5, 0.6) is 0 Å². The average Bonchev–Trinajstić information content (AvgIpc) is 2.20. The molecule has 0 radical (unpaired) electrons. The van der Waals surface area contributed by atoms with E-state index in [-0.39, 0.29) is 5.91 Å². The van der Waals surface area contributed by atoms with E-state index >= 15 is 0 Å². The number of nitrogens with zero attached hydrogens (tertiary/aromatic N) is 1. The summed E-state index contributed by atoms with van der Waals surface area (Å²) in [6, 6.07) is 0. The van der Waals surface area contributed by atoms with Crippen LogP contribution >= 0.6 is 0 Å². The summed E-state index contributed by atoms with van der Waals surface area (Å²) >= 11 is 0. The molecule has 1 atom stereocenters. The van der Waals surface area contributed by atoms with E-state index in [1.807, 2.05) is 0 Å². The fourth-order valence-electron chi connectivity index (χ4n) is 0.835. The molecule has 1 rings (SSSR count). The van der Waals surface area contributed by atoms with Crippen molar-refractivity contribution in [1.82, 2.24) is 4.90 Å². The van der Waals surface area contributed by atoms with Gasteiger partial charge in [-0.05, 0) is 6.08 Å². The zero-order valence-corrected chi connectivity index (χ0v) is 5.53. The largest absolute Gasteiger partial charge is 0.370 e. The van der Waals surface area contributed by atoms with Crippen molar-refractivity contribution in [3.05, 3.63) is 24.8 Å². The van der Waals surface area contributed by atoms with E-state index in [1.54, 1.807) is 6.08 Å². The topological polar surface area (TPSA) is 40.5 Å². The molecular formula is C7H9NO2. The highest BCUT2D eigenvalue weighted by atomic mass is 16.3. The maximum Gasteiger partial charge on any atom is 0.248 e. The van der Waals surface area contributed by atoms with E-state index in [0.717, 1.165) is 0 Å². The fraction of sp³-hybridized carbons (Fsp3) is 0.286. The standard InChI is InChI=1S/C7H9NO2/c1-2-5-8-6(9)3-4-7(8)10/h2-4,6,9H,1,5H2. The van der Waals surface area contributed by atoms with Gasteiger partial charge >= 0.3 is 0 Å². The van der Waals surface area contributed by atoms with Crippen LogP contribution in [0.2, 0.25) is 0 Å². The highest BCUT2D eigenvalue weighted by molar-refractivity contribution is 5.90. The molecule has 0 spiro atoms. The first-order valence-electron chi connectivity index (χ1n) is 3.03. The molecule has 0 fully saturated rings. The van der Waals surface area contributed by atoms with Gasteiger partial charge in [0.2, 0.25) is 5.91 Å². The van der Waals surface area contributed by atoms with Gasteiger partial charge in [0.25, 0.3) is 0 Å². The Morgan fingerprint density at radius 3 is 3.00 bits per heavy atom. The van der Waals surface area contributed by atoms with Crippen LogP contribution in [0, 0.1) is 0 Å². The molecule has 1 amide bonds. The van der Waals surface area contributed by atoms with Crippen molar-refractivity contribution in [2.45, 2.75) is 6.23 Å². The van der Waals surface area contributed by atoms with Crippen LogP contribution < -0.4 is 0 Å². The van der Waals surface area contributed by atoms with E-state index in [4.69, 9.17) is 5.11 Å². The second kappa shape index (κ2) is 2.66. The summed E-state index contributed by atoms with van der Waals surface area (Å²) in [5, 5.41) is 9.06. The van der Waals surface area contributed by atoms with Crippen LogP contribution in [0.1, 0.15) is 0 Å². The number of aliphatic hydroxyl groups is 1. The van der Waals surface area contributed by atoms with Gasteiger partial charge < -0.3 is 10.0 Å². The van der Waals surface area contributed by atoms with Gasteiger partial charge in [-0.15, -0.1) is 6.58 Å². The Hall–Kier alpha value is -1.09. The van der Waals surface area contributed by atoms with Crippen LogP contribution in [0.3, 0.4) is 0 Å². The Kier molecular flexibility index (Phi) is 1.87. The Morgan fingerprint density at radius 1 is 1.90 bits per heavy atom. The molecule has 1 N–H and O–H groups in total. The van der Waals surface area contributed by atoms with E-state index < -0.39 is 6.23 Å². The third kappa shape index (κ3) is 1.09. The molecule has 1 heterocycles. The van der Waals surface area contributed by atoms with Crippen molar-refractivity contribution >= 4 is 5.91 Å². The quantitative estimate of drug-likeness (QED) is 0.542. The summed E-state index contributed by atoms with van der Waals surface area (Å²) in [5.41, 5.74) is 0. The van der Waals surface area contributed by atoms with Crippen molar-refractivity contribution < 1.29 is 9.90 Å². The summed E-state index contributed by atoms with van der Waals surface area (Å²) in [6.45, 7) is 3.86. The van der Waals surface area contributed by atoms with Gasteiger partial charge in [-0.25, -0.2) is 0 Å². The molecule has 0 saturated heterocycles. The molecule has 0 aromatic carbocycles. The zero-order valence-electron chi connectivity index (χ0n) is 5.53. The zero-order chi connectivity index (χ0) is 7.56. The minimum absolute atomic E-state index is 0.160. The molecule has 0 aromatic rings. The Balaban J connectivity index is 2.59. The number of carbonyl (C=O) groups is 1. The van der Waals surface area contributed by atoms with Crippen molar-refractivity contribution in [1.29, 1.82) is 0 Å². The highest BCUT2D eigenvalue weighted by Crippen LogP contribution is 2.06. The number of aliphatic hydroxyl groups excluding tert-OH is 1. The van der Waals surface area contributed by atoms with E-state index in [0.29, 0.717) is 6.54 Å². The lowest BCUT2D eigenvalue weighted by atomic mass is 10.5. The van der Waals surface area contributed by atoms with Gasteiger partial charge in [-0.1, -0.05) is 6.08 Å². The predicted octanol–water partition coefficient (Wildman–Crippen LogP) is -0.111. The molecule has 10 heavy (non-hydrogen) atoms. The third-order valence-corrected chi connectivity index (χ3v) is 1.34. The first-order chi connectivity index (χ1) is 4.75. The predicted molar refractivity (Wildman–Crippen MR) is 37.1 cm³/mol. The molecule has 3 heteroatoms. The number of hydrogen-bond donors (Lipinski definition) is 1. The van der Waals surface area contributed by atoms with Gasteiger partial charge in [0, 0.05) is 12.6 Å². The maximum atomic E-state index is 10.8. The first-order valence-corrected chi connectivity index (χ1v) is 3.03. The molecule has 0 aliphatic carbocycles. The van der Waals surface area contributed by atoms with Gasteiger partial charge in [-0.3, -0.25) is 4.79 Å². The van der Waals surface area contributed by atoms with Crippen LogP contribution in [0.25, 0.3) is 0 Å². The monoisotopic (exact) mass is 139 g/mol. The van der Waals surface area contributed by atoms with Crippen LogP contribution in [-0.2, 0) is 4.79 Å². The Labute approximate surface area is 59.3 Å². The second-order valence-electron chi connectivity index (χ2n) is 2.05. The van der Waals surface area contributed by atoms with Gasteiger partial charge in [0.05, 0.1) is 0 Å². The van der Waals surface area contributed by atoms with E-state index in [1.165, 1.54) is 17.1 Å². The summed E-state index contributed by atoms with van der Waals surface area (Å²) < 4.78 is 0. The molecule has 3 nitrogen and oxygen atoms in total. The lowest BCUT2D eigenvalue weighted by Gasteiger charge is -2.17. The van der Waals surface area contributed by atoms with Gasteiger partial charge in [-0.2, -0.15) is 0 Å². The first kappa shape index (κ1) is 7.02. The minimum atomic E-state index is -0.759. The van der Waals surface area contributed by atoms with Crippen molar-refractivity contribution in [3.8, 4) is 0 Å². The molecule has 54 valence electrons. The SMILES string of the molecule is C=CCN1C(=O)C=CC1O. The number of amides is 1. The molecular weight excluding hydrogens is 130 g/mol. The van der Waals surface area contributed by atoms with Gasteiger partial charge in [0.15, 0.2) is 0 Å².